The quantitative estimate of drug-likeness (QED) is 0.547. The van der Waals surface area contributed by atoms with Gasteiger partial charge >= 0.3 is 0 Å². The Morgan fingerprint density at radius 3 is 2.50 bits per heavy atom. The van der Waals surface area contributed by atoms with Crippen molar-refractivity contribution in [2.45, 2.75) is 31.7 Å². The van der Waals surface area contributed by atoms with Gasteiger partial charge in [0.25, 0.3) is 0 Å². The third kappa shape index (κ3) is 6.06. The SMILES string of the molecule is COCCOCCOCCC1(CNC2CC2)CCOC1. The molecule has 2 rings (SSSR count). The first-order valence-electron chi connectivity index (χ1n) is 7.80. The molecule has 0 spiro atoms. The van der Waals surface area contributed by atoms with Crippen molar-refractivity contribution in [1.82, 2.24) is 5.32 Å². The Labute approximate surface area is 122 Å². The van der Waals surface area contributed by atoms with Gasteiger partial charge in [-0.1, -0.05) is 0 Å². The number of nitrogens with one attached hydrogen (secondary N) is 1. The van der Waals surface area contributed by atoms with Crippen molar-refractivity contribution >= 4 is 0 Å². The second-order valence-corrected chi connectivity index (χ2v) is 5.93. The molecular weight excluding hydrogens is 258 g/mol. The lowest BCUT2D eigenvalue weighted by atomic mass is 9.84. The molecule has 2 fully saturated rings. The van der Waals surface area contributed by atoms with E-state index < -0.39 is 0 Å². The maximum Gasteiger partial charge on any atom is 0.0701 e. The summed E-state index contributed by atoms with van der Waals surface area (Å²) in [5, 5.41) is 3.64. The summed E-state index contributed by atoms with van der Waals surface area (Å²) in [4.78, 5) is 0. The Morgan fingerprint density at radius 1 is 1.10 bits per heavy atom. The van der Waals surface area contributed by atoms with Gasteiger partial charge in [-0.05, 0) is 25.7 Å². The minimum atomic E-state index is 0.291. The zero-order chi connectivity index (χ0) is 14.1. The molecule has 0 amide bonds. The standard InChI is InChI=1S/C15H29NO4/c1-17-8-9-19-11-10-18-6-4-15(5-7-20-13-15)12-16-14-2-3-14/h14,16H,2-13H2,1H3. The van der Waals surface area contributed by atoms with Crippen molar-refractivity contribution in [2.24, 2.45) is 5.41 Å². The molecule has 5 nitrogen and oxygen atoms in total. The van der Waals surface area contributed by atoms with E-state index in [1.165, 1.54) is 12.8 Å². The van der Waals surface area contributed by atoms with Crippen LogP contribution < -0.4 is 5.32 Å². The first-order chi connectivity index (χ1) is 9.85. The third-order valence-corrected chi connectivity index (χ3v) is 4.11. The van der Waals surface area contributed by atoms with E-state index in [-0.39, 0.29) is 0 Å². The van der Waals surface area contributed by atoms with Gasteiger partial charge in [0.1, 0.15) is 0 Å². The molecule has 1 saturated heterocycles. The fraction of sp³-hybridized carbons (Fsp3) is 1.00. The zero-order valence-corrected chi connectivity index (χ0v) is 12.7. The molecule has 1 atom stereocenters. The van der Waals surface area contributed by atoms with E-state index in [9.17, 15) is 0 Å². The Bertz CT molecular complexity index is 252. The highest BCUT2D eigenvalue weighted by molar-refractivity contribution is 4.89. The Balaban J connectivity index is 1.51. The lowest BCUT2D eigenvalue weighted by Gasteiger charge is -2.27. The summed E-state index contributed by atoms with van der Waals surface area (Å²) < 4.78 is 21.6. The van der Waals surface area contributed by atoms with Crippen LogP contribution in [0.25, 0.3) is 0 Å². The Kier molecular flexibility index (Phi) is 7.24. The van der Waals surface area contributed by atoms with Crippen molar-refractivity contribution in [1.29, 1.82) is 0 Å². The fourth-order valence-corrected chi connectivity index (χ4v) is 2.48. The molecule has 0 bridgehead atoms. The minimum Gasteiger partial charge on any atom is -0.382 e. The van der Waals surface area contributed by atoms with Crippen LogP contribution in [-0.2, 0) is 18.9 Å². The smallest absolute Gasteiger partial charge is 0.0701 e. The normalized spacial score (nSPS) is 26.2. The molecule has 1 aliphatic carbocycles. The fourth-order valence-electron chi connectivity index (χ4n) is 2.48. The molecule has 0 aromatic carbocycles. The van der Waals surface area contributed by atoms with E-state index in [1.807, 2.05) is 0 Å². The first kappa shape index (κ1) is 16.2. The van der Waals surface area contributed by atoms with Gasteiger partial charge < -0.3 is 24.3 Å². The molecular formula is C15H29NO4. The van der Waals surface area contributed by atoms with E-state index >= 15 is 0 Å². The van der Waals surface area contributed by atoms with Gasteiger partial charge in [-0.25, -0.2) is 0 Å². The van der Waals surface area contributed by atoms with Gasteiger partial charge in [-0.15, -0.1) is 0 Å². The molecule has 1 heterocycles. The summed E-state index contributed by atoms with van der Waals surface area (Å²) in [7, 11) is 1.68. The average molecular weight is 287 g/mol. The number of hydrogen-bond donors (Lipinski definition) is 1. The van der Waals surface area contributed by atoms with Crippen molar-refractivity contribution in [3.05, 3.63) is 0 Å². The number of rotatable bonds is 12. The van der Waals surface area contributed by atoms with Crippen LogP contribution >= 0.6 is 0 Å². The first-order valence-corrected chi connectivity index (χ1v) is 7.80. The van der Waals surface area contributed by atoms with E-state index in [4.69, 9.17) is 18.9 Å². The Hall–Kier alpha value is -0.200. The number of hydrogen-bond acceptors (Lipinski definition) is 5. The van der Waals surface area contributed by atoms with E-state index in [1.54, 1.807) is 7.11 Å². The zero-order valence-electron chi connectivity index (χ0n) is 12.7. The molecule has 1 saturated carbocycles. The largest absolute Gasteiger partial charge is 0.382 e. The van der Waals surface area contributed by atoms with Gasteiger partial charge in [0, 0.05) is 38.3 Å². The monoisotopic (exact) mass is 287 g/mol. The van der Waals surface area contributed by atoms with Crippen LogP contribution in [0.4, 0.5) is 0 Å². The van der Waals surface area contributed by atoms with Crippen LogP contribution in [0, 0.1) is 5.41 Å². The highest BCUT2D eigenvalue weighted by Crippen LogP contribution is 2.33. The van der Waals surface area contributed by atoms with Crippen LogP contribution in [-0.4, -0.2) is 65.9 Å². The van der Waals surface area contributed by atoms with Gasteiger partial charge in [-0.3, -0.25) is 0 Å². The molecule has 5 heteroatoms. The van der Waals surface area contributed by atoms with Crippen molar-refractivity contribution < 1.29 is 18.9 Å². The third-order valence-electron chi connectivity index (χ3n) is 4.11. The molecule has 1 unspecified atom stereocenters. The molecule has 2 aliphatic rings. The van der Waals surface area contributed by atoms with Crippen molar-refractivity contribution in [2.75, 3.05) is 59.9 Å². The minimum absolute atomic E-state index is 0.291. The van der Waals surface area contributed by atoms with Crippen molar-refractivity contribution in [3.8, 4) is 0 Å². The Morgan fingerprint density at radius 2 is 1.85 bits per heavy atom. The molecule has 118 valence electrons. The van der Waals surface area contributed by atoms with E-state index in [0.29, 0.717) is 31.8 Å². The van der Waals surface area contributed by atoms with Crippen LogP contribution in [0.15, 0.2) is 0 Å². The van der Waals surface area contributed by atoms with Crippen LogP contribution in [0.3, 0.4) is 0 Å². The second-order valence-electron chi connectivity index (χ2n) is 5.93. The van der Waals surface area contributed by atoms with Crippen LogP contribution in [0.5, 0.6) is 0 Å². The molecule has 0 aromatic heterocycles. The van der Waals surface area contributed by atoms with Gasteiger partial charge in [0.15, 0.2) is 0 Å². The lowest BCUT2D eigenvalue weighted by Crippen LogP contribution is -2.37. The summed E-state index contributed by atoms with van der Waals surface area (Å²) in [6.45, 7) is 6.24. The highest BCUT2D eigenvalue weighted by atomic mass is 16.5. The summed E-state index contributed by atoms with van der Waals surface area (Å²) >= 11 is 0. The molecule has 20 heavy (non-hydrogen) atoms. The summed E-state index contributed by atoms with van der Waals surface area (Å²) in [6.07, 6.45) is 4.91. The maximum atomic E-state index is 5.67. The number of methoxy groups -OCH3 is 1. The molecule has 1 N–H and O–H groups in total. The average Bonchev–Trinajstić information content (AvgIpc) is 3.19. The van der Waals surface area contributed by atoms with Gasteiger partial charge in [0.05, 0.1) is 33.0 Å². The van der Waals surface area contributed by atoms with Crippen LogP contribution in [0.2, 0.25) is 0 Å². The number of ether oxygens (including phenoxy) is 4. The van der Waals surface area contributed by atoms with Gasteiger partial charge in [0.2, 0.25) is 0 Å². The van der Waals surface area contributed by atoms with E-state index in [0.717, 1.165) is 45.2 Å². The predicted octanol–water partition coefficient (Wildman–Crippen LogP) is 1.21. The predicted molar refractivity (Wildman–Crippen MR) is 77.0 cm³/mol. The second kappa shape index (κ2) is 8.95. The van der Waals surface area contributed by atoms with Crippen LogP contribution in [0.1, 0.15) is 25.7 Å². The topological polar surface area (TPSA) is 49.0 Å². The maximum absolute atomic E-state index is 5.67. The molecule has 1 aliphatic heterocycles. The molecule has 0 radical (unpaired) electrons. The lowest BCUT2D eigenvalue weighted by molar-refractivity contribution is 0.0151. The highest BCUT2D eigenvalue weighted by Gasteiger charge is 2.36. The van der Waals surface area contributed by atoms with Gasteiger partial charge in [-0.2, -0.15) is 0 Å². The summed E-state index contributed by atoms with van der Waals surface area (Å²) in [6, 6.07) is 0.766. The summed E-state index contributed by atoms with van der Waals surface area (Å²) in [5.74, 6) is 0. The van der Waals surface area contributed by atoms with Crippen molar-refractivity contribution in [3.63, 3.8) is 0 Å². The summed E-state index contributed by atoms with van der Waals surface area (Å²) in [5.41, 5.74) is 0.291. The van der Waals surface area contributed by atoms with E-state index in [2.05, 4.69) is 5.32 Å². The molecule has 0 aromatic rings.